The molecule has 0 radical (unpaired) electrons. The molecule has 7 nitrogen and oxygen atoms in total. The van der Waals surface area contributed by atoms with Gasteiger partial charge in [0.2, 0.25) is 11.8 Å². The third-order valence-electron chi connectivity index (χ3n) is 5.28. The van der Waals surface area contributed by atoms with Gasteiger partial charge in [-0.05, 0) is 41.8 Å². The van der Waals surface area contributed by atoms with Gasteiger partial charge in [-0.3, -0.25) is 9.59 Å². The second kappa shape index (κ2) is 8.63. The number of hydrogen-bond acceptors (Lipinski definition) is 5. The average Bonchev–Trinajstić information content (AvgIpc) is 3.18. The highest BCUT2D eigenvalue weighted by atomic mass is 16.5. The number of nitrogens with zero attached hydrogens (tertiary/aromatic N) is 1. The topological polar surface area (TPSA) is 79.9 Å². The van der Waals surface area contributed by atoms with Crippen LogP contribution in [0.4, 0.5) is 11.4 Å². The number of nitrogens with one attached hydrogen (secondary N) is 2. The molecule has 0 bridgehead atoms. The molecule has 1 saturated heterocycles. The lowest BCUT2D eigenvalue weighted by molar-refractivity contribution is -0.121. The molecule has 2 aliphatic rings. The number of carbonyl (C=O) groups excluding carboxylic acids is 2. The Bertz CT molecular complexity index is 909. The third-order valence-corrected chi connectivity index (χ3v) is 5.28. The SMILES string of the molecule is COc1cccc(CC(=O)N2CCc3ccc(NC(=O)C4COCCN4)cc32)c1. The van der Waals surface area contributed by atoms with Crippen molar-refractivity contribution in [1.29, 1.82) is 0 Å². The number of methoxy groups -OCH3 is 1. The molecule has 1 atom stereocenters. The fraction of sp³-hybridized carbons (Fsp3) is 0.364. The van der Waals surface area contributed by atoms with Crippen LogP contribution in [0.3, 0.4) is 0 Å². The summed E-state index contributed by atoms with van der Waals surface area (Å²) in [5.41, 5.74) is 3.57. The summed E-state index contributed by atoms with van der Waals surface area (Å²) >= 11 is 0. The molecule has 2 heterocycles. The van der Waals surface area contributed by atoms with Crippen LogP contribution >= 0.6 is 0 Å². The second-order valence-corrected chi connectivity index (χ2v) is 7.24. The van der Waals surface area contributed by atoms with Crippen molar-refractivity contribution in [2.24, 2.45) is 0 Å². The number of carbonyl (C=O) groups is 2. The number of anilines is 2. The summed E-state index contributed by atoms with van der Waals surface area (Å²) in [7, 11) is 1.61. The zero-order valence-corrected chi connectivity index (χ0v) is 16.4. The van der Waals surface area contributed by atoms with Crippen LogP contribution in [-0.2, 0) is 27.2 Å². The molecule has 2 aromatic rings. The Kier molecular flexibility index (Phi) is 5.78. The molecule has 1 fully saturated rings. The van der Waals surface area contributed by atoms with Crippen LogP contribution in [0, 0.1) is 0 Å². The third kappa shape index (κ3) is 4.41. The minimum Gasteiger partial charge on any atom is -0.497 e. The summed E-state index contributed by atoms with van der Waals surface area (Å²) in [5, 5.41) is 6.07. The van der Waals surface area contributed by atoms with E-state index in [9.17, 15) is 9.59 Å². The van der Waals surface area contributed by atoms with Gasteiger partial charge in [-0.15, -0.1) is 0 Å². The number of hydrogen-bond donors (Lipinski definition) is 2. The molecule has 2 N–H and O–H groups in total. The molecular weight excluding hydrogens is 370 g/mol. The van der Waals surface area contributed by atoms with E-state index in [-0.39, 0.29) is 17.9 Å². The van der Waals surface area contributed by atoms with Crippen LogP contribution in [0.2, 0.25) is 0 Å². The van der Waals surface area contributed by atoms with Crippen LogP contribution in [0.25, 0.3) is 0 Å². The lowest BCUT2D eigenvalue weighted by atomic mass is 10.1. The molecule has 2 amide bonds. The van der Waals surface area contributed by atoms with E-state index in [1.807, 2.05) is 42.5 Å². The first-order valence-electron chi connectivity index (χ1n) is 9.82. The van der Waals surface area contributed by atoms with Crippen molar-refractivity contribution in [3.05, 3.63) is 53.6 Å². The Hall–Kier alpha value is -2.90. The molecule has 4 rings (SSSR count). The lowest BCUT2D eigenvalue weighted by Crippen LogP contribution is -2.48. The Morgan fingerprint density at radius 2 is 2.17 bits per heavy atom. The van der Waals surface area contributed by atoms with Gasteiger partial charge in [-0.2, -0.15) is 0 Å². The normalized spacial score (nSPS) is 18.2. The quantitative estimate of drug-likeness (QED) is 0.806. The summed E-state index contributed by atoms with van der Waals surface area (Å²) < 4.78 is 10.6. The van der Waals surface area contributed by atoms with E-state index < -0.39 is 0 Å². The molecule has 0 spiro atoms. The Morgan fingerprint density at radius 1 is 1.28 bits per heavy atom. The standard InChI is InChI=1S/C22H25N3O4/c1-28-18-4-2-3-15(11-18)12-21(26)25-9-7-16-5-6-17(13-20(16)25)24-22(27)19-14-29-10-8-23-19/h2-6,11,13,19,23H,7-10,12,14H2,1H3,(H,24,27). The number of benzene rings is 2. The van der Waals surface area contributed by atoms with Gasteiger partial charge in [0.25, 0.3) is 0 Å². The van der Waals surface area contributed by atoms with Crippen molar-refractivity contribution in [3.63, 3.8) is 0 Å². The van der Waals surface area contributed by atoms with E-state index in [1.165, 1.54) is 0 Å². The van der Waals surface area contributed by atoms with Crippen molar-refractivity contribution in [2.75, 3.05) is 43.6 Å². The minimum absolute atomic E-state index is 0.0304. The van der Waals surface area contributed by atoms with E-state index >= 15 is 0 Å². The van der Waals surface area contributed by atoms with E-state index in [1.54, 1.807) is 12.0 Å². The first-order valence-corrected chi connectivity index (χ1v) is 9.82. The predicted molar refractivity (Wildman–Crippen MR) is 110 cm³/mol. The summed E-state index contributed by atoms with van der Waals surface area (Å²) in [5.74, 6) is 0.641. The van der Waals surface area contributed by atoms with Crippen LogP contribution in [0.1, 0.15) is 11.1 Å². The molecule has 7 heteroatoms. The molecular formula is C22H25N3O4. The molecule has 1 unspecified atom stereocenters. The Balaban J connectivity index is 1.46. The number of rotatable bonds is 5. The van der Waals surface area contributed by atoms with Gasteiger partial charge >= 0.3 is 0 Å². The first kappa shape index (κ1) is 19.4. The van der Waals surface area contributed by atoms with Crippen molar-refractivity contribution in [2.45, 2.75) is 18.9 Å². The number of morpholine rings is 1. The second-order valence-electron chi connectivity index (χ2n) is 7.24. The number of fused-ring (bicyclic) bond motifs is 1. The van der Waals surface area contributed by atoms with Crippen molar-refractivity contribution in [1.82, 2.24) is 5.32 Å². The number of ether oxygens (including phenoxy) is 2. The van der Waals surface area contributed by atoms with Gasteiger partial charge in [0, 0.05) is 24.5 Å². The predicted octanol–water partition coefficient (Wildman–Crippen LogP) is 1.75. The Morgan fingerprint density at radius 3 is 2.97 bits per heavy atom. The fourth-order valence-corrected chi connectivity index (χ4v) is 3.73. The summed E-state index contributed by atoms with van der Waals surface area (Å²) in [4.78, 5) is 27.2. The summed E-state index contributed by atoms with van der Waals surface area (Å²) in [6, 6.07) is 12.9. The van der Waals surface area contributed by atoms with Crippen molar-refractivity contribution >= 4 is 23.2 Å². The van der Waals surface area contributed by atoms with Gasteiger partial charge in [0.1, 0.15) is 11.8 Å². The molecule has 2 aliphatic heterocycles. The highest BCUT2D eigenvalue weighted by molar-refractivity contribution is 5.99. The summed E-state index contributed by atoms with van der Waals surface area (Å²) in [6.07, 6.45) is 1.11. The average molecular weight is 395 g/mol. The van der Waals surface area contributed by atoms with E-state index in [2.05, 4.69) is 10.6 Å². The fourth-order valence-electron chi connectivity index (χ4n) is 3.73. The van der Waals surface area contributed by atoms with E-state index in [0.717, 1.165) is 29.0 Å². The zero-order valence-electron chi connectivity index (χ0n) is 16.4. The van der Waals surface area contributed by atoms with Crippen LogP contribution in [-0.4, -0.2) is 51.3 Å². The van der Waals surface area contributed by atoms with Gasteiger partial charge in [0.05, 0.1) is 26.7 Å². The smallest absolute Gasteiger partial charge is 0.243 e. The lowest BCUT2D eigenvalue weighted by Gasteiger charge is -2.23. The van der Waals surface area contributed by atoms with Gasteiger partial charge in [-0.25, -0.2) is 0 Å². The monoisotopic (exact) mass is 395 g/mol. The largest absolute Gasteiger partial charge is 0.497 e. The van der Waals surface area contributed by atoms with Crippen molar-refractivity contribution < 1.29 is 19.1 Å². The van der Waals surface area contributed by atoms with Gasteiger partial charge in [0.15, 0.2) is 0 Å². The van der Waals surface area contributed by atoms with Crippen LogP contribution in [0.5, 0.6) is 5.75 Å². The van der Waals surface area contributed by atoms with Crippen molar-refractivity contribution in [3.8, 4) is 5.75 Å². The molecule has 29 heavy (non-hydrogen) atoms. The van der Waals surface area contributed by atoms with Gasteiger partial charge in [-0.1, -0.05) is 18.2 Å². The first-order chi connectivity index (χ1) is 14.1. The van der Waals surface area contributed by atoms with E-state index in [4.69, 9.17) is 9.47 Å². The Labute approximate surface area is 170 Å². The maximum atomic E-state index is 12.9. The number of amides is 2. The molecule has 0 saturated carbocycles. The highest BCUT2D eigenvalue weighted by Gasteiger charge is 2.26. The van der Waals surface area contributed by atoms with Gasteiger partial charge < -0.3 is 25.0 Å². The van der Waals surface area contributed by atoms with E-state index in [0.29, 0.717) is 38.4 Å². The maximum absolute atomic E-state index is 12.9. The van der Waals surface area contributed by atoms with Crippen LogP contribution in [0.15, 0.2) is 42.5 Å². The molecule has 0 aliphatic carbocycles. The minimum atomic E-state index is -0.359. The highest BCUT2D eigenvalue weighted by Crippen LogP contribution is 2.31. The zero-order chi connectivity index (χ0) is 20.2. The van der Waals surface area contributed by atoms with Crippen LogP contribution < -0.4 is 20.3 Å². The molecule has 2 aromatic carbocycles. The molecule has 0 aromatic heterocycles. The molecule has 152 valence electrons. The maximum Gasteiger partial charge on any atom is 0.243 e. The summed E-state index contributed by atoms with van der Waals surface area (Å²) in [6.45, 7) is 2.29.